The lowest BCUT2D eigenvalue weighted by Crippen LogP contribution is -1.80. The number of nitriles is 1. The lowest BCUT2D eigenvalue weighted by molar-refractivity contribution is 1.04. The number of rotatable bonds is 2. The lowest BCUT2D eigenvalue weighted by Gasteiger charge is -1.99. The maximum atomic E-state index is 8.74. The van der Waals surface area contributed by atoms with Crippen molar-refractivity contribution < 1.29 is 0 Å². The van der Waals surface area contributed by atoms with Gasteiger partial charge in [-0.3, -0.25) is 0 Å². The highest BCUT2D eigenvalue weighted by molar-refractivity contribution is 5.67. The molecule has 80 valence electrons. The monoisotopic (exact) mass is 210 g/mol. The second-order valence-corrected chi connectivity index (χ2v) is 3.88. The highest BCUT2D eigenvalue weighted by atomic mass is 14.7. The Morgan fingerprint density at radius 3 is 2.44 bits per heavy atom. The number of aromatic amines is 1. The Morgan fingerprint density at radius 1 is 1.25 bits per heavy atom. The van der Waals surface area contributed by atoms with Gasteiger partial charge in [-0.1, -0.05) is 19.1 Å². The predicted molar refractivity (Wildman–Crippen MR) is 65.1 cm³/mol. The largest absolute Gasteiger partial charge is 0.362 e. The van der Waals surface area contributed by atoms with Gasteiger partial charge in [0.1, 0.15) is 0 Å². The van der Waals surface area contributed by atoms with Gasteiger partial charge in [0, 0.05) is 17.0 Å². The molecular formula is C14H14N2. The molecule has 0 saturated heterocycles. The Morgan fingerprint density at radius 2 is 1.94 bits per heavy atom. The molecule has 0 bridgehead atoms. The van der Waals surface area contributed by atoms with E-state index in [-0.39, 0.29) is 0 Å². The molecule has 2 nitrogen and oxygen atoms in total. The van der Waals surface area contributed by atoms with E-state index < -0.39 is 0 Å². The van der Waals surface area contributed by atoms with E-state index in [0.29, 0.717) is 5.56 Å². The van der Waals surface area contributed by atoms with Gasteiger partial charge in [-0.2, -0.15) is 5.26 Å². The van der Waals surface area contributed by atoms with Crippen LogP contribution in [0.2, 0.25) is 0 Å². The van der Waals surface area contributed by atoms with Crippen molar-refractivity contribution in [3.8, 4) is 17.2 Å². The van der Waals surface area contributed by atoms with Crippen molar-refractivity contribution in [2.24, 2.45) is 0 Å². The fraction of sp³-hybridized carbons (Fsp3) is 0.214. The van der Waals surface area contributed by atoms with Crippen LogP contribution in [0.5, 0.6) is 0 Å². The van der Waals surface area contributed by atoms with E-state index in [1.807, 2.05) is 24.3 Å². The van der Waals surface area contributed by atoms with Gasteiger partial charge in [-0.15, -0.1) is 0 Å². The summed E-state index contributed by atoms with van der Waals surface area (Å²) in [5, 5.41) is 8.74. The van der Waals surface area contributed by atoms with E-state index in [1.165, 1.54) is 17.0 Å². The fourth-order valence-corrected chi connectivity index (χ4v) is 1.84. The number of H-pyrrole nitrogens is 1. The van der Waals surface area contributed by atoms with Gasteiger partial charge in [0.05, 0.1) is 11.6 Å². The molecule has 16 heavy (non-hydrogen) atoms. The molecular weight excluding hydrogens is 196 g/mol. The number of nitrogens with one attached hydrogen (secondary N) is 1. The molecule has 2 rings (SSSR count). The number of aryl methyl sites for hydroxylation is 2. The Hall–Kier alpha value is -2.01. The molecule has 0 saturated carbocycles. The highest BCUT2D eigenvalue weighted by Gasteiger charge is 2.05. The van der Waals surface area contributed by atoms with Crippen molar-refractivity contribution >= 4 is 0 Å². The van der Waals surface area contributed by atoms with Gasteiger partial charge in [0.25, 0.3) is 0 Å². The SMILES string of the molecule is CCc1cc(-c2ccc(C#N)cc2)c(C)[nH]1. The maximum absolute atomic E-state index is 8.74. The van der Waals surface area contributed by atoms with Crippen molar-refractivity contribution in [3.05, 3.63) is 47.3 Å². The summed E-state index contributed by atoms with van der Waals surface area (Å²) in [5.41, 5.74) is 5.51. The zero-order valence-electron chi connectivity index (χ0n) is 9.54. The maximum Gasteiger partial charge on any atom is 0.0991 e. The number of benzene rings is 1. The summed E-state index contributed by atoms with van der Waals surface area (Å²) in [7, 11) is 0. The summed E-state index contributed by atoms with van der Waals surface area (Å²) in [6.45, 7) is 4.21. The van der Waals surface area contributed by atoms with Crippen LogP contribution in [0.25, 0.3) is 11.1 Å². The van der Waals surface area contributed by atoms with Gasteiger partial charge >= 0.3 is 0 Å². The Bertz CT molecular complexity index is 527. The van der Waals surface area contributed by atoms with E-state index in [4.69, 9.17) is 5.26 Å². The predicted octanol–water partition coefficient (Wildman–Crippen LogP) is 3.42. The first kappa shape index (κ1) is 10.5. The molecule has 2 heteroatoms. The molecule has 0 radical (unpaired) electrons. The van der Waals surface area contributed by atoms with Gasteiger partial charge in [-0.25, -0.2) is 0 Å². The van der Waals surface area contributed by atoms with E-state index in [2.05, 4.69) is 31.0 Å². The average molecular weight is 210 g/mol. The number of hydrogen-bond acceptors (Lipinski definition) is 1. The third-order valence-electron chi connectivity index (χ3n) is 2.78. The highest BCUT2D eigenvalue weighted by Crippen LogP contribution is 2.24. The third-order valence-corrected chi connectivity index (χ3v) is 2.78. The smallest absolute Gasteiger partial charge is 0.0991 e. The zero-order chi connectivity index (χ0) is 11.5. The Kier molecular flexibility index (Phi) is 2.78. The van der Waals surface area contributed by atoms with Crippen LogP contribution in [0.4, 0.5) is 0 Å². The summed E-state index contributed by atoms with van der Waals surface area (Å²) >= 11 is 0. The third kappa shape index (κ3) is 1.85. The van der Waals surface area contributed by atoms with Crippen LogP contribution in [-0.2, 0) is 6.42 Å². The van der Waals surface area contributed by atoms with Gasteiger partial charge in [0.15, 0.2) is 0 Å². The van der Waals surface area contributed by atoms with E-state index in [9.17, 15) is 0 Å². The summed E-state index contributed by atoms with van der Waals surface area (Å²) in [6.07, 6.45) is 1.01. The summed E-state index contributed by atoms with van der Waals surface area (Å²) in [5.74, 6) is 0. The molecule has 1 aromatic heterocycles. The number of aromatic nitrogens is 1. The minimum absolute atomic E-state index is 0.702. The Balaban J connectivity index is 2.42. The minimum Gasteiger partial charge on any atom is -0.362 e. The summed E-state index contributed by atoms with van der Waals surface area (Å²) in [6, 6.07) is 12.0. The van der Waals surface area contributed by atoms with Gasteiger partial charge < -0.3 is 4.98 Å². The standard InChI is InChI=1S/C14H14N2/c1-3-13-8-14(10(2)16-13)12-6-4-11(9-15)5-7-12/h4-8,16H,3H2,1-2H3. The molecule has 2 aromatic rings. The van der Waals surface area contributed by atoms with Crippen molar-refractivity contribution in [2.45, 2.75) is 20.3 Å². The second kappa shape index (κ2) is 4.24. The molecule has 1 N–H and O–H groups in total. The molecule has 0 aliphatic carbocycles. The van der Waals surface area contributed by atoms with E-state index >= 15 is 0 Å². The van der Waals surface area contributed by atoms with Crippen LogP contribution in [0.3, 0.4) is 0 Å². The molecule has 0 fully saturated rings. The second-order valence-electron chi connectivity index (χ2n) is 3.88. The van der Waals surface area contributed by atoms with Crippen LogP contribution < -0.4 is 0 Å². The Labute approximate surface area is 95.6 Å². The van der Waals surface area contributed by atoms with Crippen LogP contribution >= 0.6 is 0 Å². The molecule has 1 aromatic carbocycles. The van der Waals surface area contributed by atoms with Crippen LogP contribution in [0.1, 0.15) is 23.9 Å². The molecule has 0 aliphatic heterocycles. The topological polar surface area (TPSA) is 39.6 Å². The quantitative estimate of drug-likeness (QED) is 0.810. The molecule has 0 amide bonds. The average Bonchev–Trinajstić information content (AvgIpc) is 2.71. The molecule has 1 heterocycles. The minimum atomic E-state index is 0.702. The fourth-order valence-electron chi connectivity index (χ4n) is 1.84. The van der Waals surface area contributed by atoms with Crippen molar-refractivity contribution in [2.75, 3.05) is 0 Å². The molecule has 0 atom stereocenters. The van der Waals surface area contributed by atoms with E-state index in [0.717, 1.165) is 12.0 Å². The van der Waals surface area contributed by atoms with E-state index in [1.54, 1.807) is 0 Å². The summed E-state index contributed by atoms with van der Waals surface area (Å²) in [4.78, 5) is 3.36. The summed E-state index contributed by atoms with van der Waals surface area (Å²) < 4.78 is 0. The van der Waals surface area contributed by atoms with Crippen molar-refractivity contribution in [1.82, 2.24) is 4.98 Å². The lowest BCUT2D eigenvalue weighted by atomic mass is 10.0. The van der Waals surface area contributed by atoms with Crippen molar-refractivity contribution in [1.29, 1.82) is 5.26 Å². The van der Waals surface area contributed by atoms with Crippen LogP contribution in [0.15, 0.2) is 30.3 Å². The first-order valence-corrected chi connectivity index (χ1v) is 5.43. The molecule has 0 aliphatic rings. The van der Waals surface area contributed by atoms with Crippen LogP contribution in [-0.4, -0.2) is 4.98 Å². The first-order chi connectivity index (χ1) is 7.74. The van der Waals surface area contributed by atoms with Gasteiger partial charge in [0.2, 0.25) is 0 Å². The van der Waals surface area contributed by atoms with Crippen LogP contribution in [0, 0.1) is 18.3 Å². The number of nitrogens with zero attached hydrogens (tertiary/aromatic N) is 1. The van der Waals surface area contributed by atoms with Crippen molar-refractivity contribution in [3.63, 3.8) is 0 Å². The first-order valence-electron chi connectivity index (χ1n) is 5.43. The molecule has 0 spiro atoms. The number of hydrogen-bond donors (Lipinski definition) is 1. The molecule has 0 unspecified atom stereocenters. The van der Waals surface area contributed by atoms with Gasteiger partial charge in [-0.05, 0) is 37.1 Å². The zero-order valence-corrected chi connectivity index (χ0v) is 9.54. The normalized spacial score (nSPS) is 10.1.